The molecule has 0 aliphatic carbocycles. The Balaban J connectivity index is 3.20. The van der Waals surface area contributed by atoms with Gasteiger partial charge in [-0.25, -0.2) is 0 Å². The van der Waals surface area contributed by atoms with Gasteiger partial charge in [-0.2, -0.15) is 0 Å². The molecule has 0 bridgehead atoms. The van der Waals surface area contributed by atoms with Crippen LogP contribution in [0.4, 0.5) is 5.82 Å². The van der Waals surface area contributed by atoms with Gasteiger partial charge >= 0.3 is 0 Å². The molecule has 0 radical (unpaired) electrons. The predicted molar refractivity (Wildman–Crippen MR) is 39.9 cm³/mol. The van der Waals surface area contributed by atoms with Crippen molar-refractivity contribution in [2.45, 2.75) is 0 Å². The lowest BCUT2D eigenvalue weighted by Crippen LogP contribution is -1.74. The smallest absolute Gasteiger partial charge is 0.271 e. The minimum absolute atomic E-state index is 0.0485. The van der Waals surface area contributed by atoms with Crippen molar-refractivity contribution in [3.63, 3.8) is 0 Å². The quantitative estimate of drug-likeness (QED) is 0.513. The van der Waals surface area contributed by atoms with Gasteiger partial charge in [0.2, 0.25) is 4.60 Å². The Kier molecular flexibility index (Phi) is 1.88. The molecule has 50 valence electrons. The van der Waals surface area contributed by atoms with E-state index in [1.165, 1.54) is 12.1 Å². The molecule has 0 aliphatic heterocycles. The second kappa shape index (κ2) is 2.67. The van der Waals surface area contributed by atoms with Gasteiger partial charge in [-0.1, -0.05) is 6.57 Å². The molecule has 1 N–H and O–H groups in total. The van der Waals surface area contributed by atoms with Gasteiger partial charge in [-0.05, 0) is 12.1 Å². The van der Waals surface area contributed by atoms with E-state index >= 15 is 0 Å². The van der Waals surface area contributed by atoms with Crippen LogP contribution in [-0.4, -0.2) is 10.1 Å². The van der Waals surface area contributed by atoms with Crippen LogP contribution in [0.1, 0.15) is 0 Å². The number of aromatic hydroxyl groups is 1. The summed E-state index contributed by atoms with van der Waals surface area (Å²) in [6.07, 6.45) is 0. The van der Waals surface area contributed by atoms with E-state index in [-0.39, 0.29) is 11.6 Å². The summed E-state index contributed by atoms with van der Waals surface area (Å²) in [5.41, 5.74) is 0. The molecule has 3 nitrogen and oxygen atoms in total. The first-order valence-electron chi connectivity index (χ1n) is 2.47. The standard InChI is InChI=1S/C6H3BrN2O/c1-8-5-3-2-4(10)6(7)9-5/h2-3,10H. The lowest BCUT2D eigenvalue weighted by Gasteiger charge is -1.90. The van der Waals surface area contributed by atoms with Gasteiger partial charge < -0.3 is 9.95 Å². The first-order chi connectivity index (χ1) is 4.74. The molecule has 1 rings (SSSR count). The van der Waals surface area contributed by atoms with Crippen LogP contribution in [-0.2, 0) is 0 Å². The summed E-state index contributed by atoms with van der Waals surface area (Å²) >= 11 is 2.98. The van der Waals surface area contributed by atoms with E-state index in [0.717, 1.165) is 0 Å². The van der Waals surface area contributed by atoms with Crippen LogP contribution in [0.25, 0.3) is 4.85 Å². The highest BCUT2D eigenvalue weighted by Crippen LogP contribution is 2.23. The highest BCUT2D eigenvalue weighted by atomic mass is 79.9. The molecule has 1 heterocycles. The summed E-state index contributed by atoms with van der Waals surface area (Å²) in [5, 5.41) is 8.93. The van der Waals surface area contributed by atoms with Gasteiger partial charge in [0.25, 0.3) is 5.82 Å². The third kappa shape index (κ3) is 1.25. The second-order valence-electron chi connectivity index (χ2n) is 1.59. The first kappa shape index (κ1) is 7.03. The maximum absolute atomic E-state index is 8.93. The zero-order chi connectivity index (χ0) is 7.56. The summed E-state index contributed by atoms with van der Waals surface area (Å²) in [4.78, 5) is 6.77. The van der Waals surface area contributed by atoms with E-state index in [1.54, 1.807) is 0 Å². The van der Waals surface area contributed by atoms with Gasteiger partial charge in [-0.15, -0.1) is 4.98 Å². The second-order valence-corrected chi connectivity index (χ2v) is 2.34. The number of nitrogens with zero attached hydrogens (tertiary/aromatic N) is 2. The molecule has 0 aliphatic rings. The Labute approximate surface area is 66.3 Å². The van der Waals surface area contributed by atoms with E-state index in [1.807, 2.05) is 0 Å². The maximum Gasteiger partial charge on any atom is 0.271 e. The lowest BCUT2D eigenvalue weighted by molar-refractivity contribution is 0.469. The Bertz CT molecular complexity index is 292. The van der Waals surface area contributed by atoms with Gasteiger partial charge in [0, 0.05) is 15.9 Å². The largest absolute Gasteiger partial charge is 0.503 e. The molecule has 10 heavy (non-hydrogen) atoms. The third-order valence-corrected chi connectivity index (χ3v) is 1.51. The maximum atomic E-state index is 8.93. The van der Waals surface area contributed by atoms with Crippen molar-refractivity contribution >= 4 is 21.7 Å². The van der Waals surface area contributed by atoms with Crippen molar-refractivity contribution in [1.29, 1.82) is 0 Å². The number of hydrogen-bond donors (Lipinski definition) is 1. The van der Waals surface area contributed by atoms with E-state index in [0.29, 0.717) is 4.60 Å². The van der Waals surface area contributed by atoms with Crippen molar-refractivity contribution in [3.05, 3.63) is 28.2 Å². The van der Waals surface area contributed by atoms with Crippen LogP contribution >= 0.6 is 15.9 Å². The Morgan fingerprint density at radius 2 is 2.30 bits per heavy atom. The van der Waals surface area contributed by atoms with Crippen molar-refractivity contribution in [3.8, 4) is 5.75 Å². The fraction of sp³-hybridized carbons (Fsp3) is 0. The molecule has 0 saturated heterocycles. The van der Waals surface area contributed by atoms with E-state index < -0.39 is 0 Å². The number of aromatic nitrogens is 1. The first-order valence-corrected chi connectivity index (χ1v) is 3.26. The van der Waals surface area contributed by atoms with E-state index in [9.17, 15) is 0 Å². The number of pyridine rings is 1. The normalized spacial score (nSPS) is 8.80. The highest BCUT2D eigenvalue weighted by molar-refractivity contribution is 9.10. The van der Waals surface area contributed by atoms with Crippen LogP contribution in [0.2, 0.25) is 0 Å². The monoisotopic (exact) mass is 198 g/mol. The summed E-state index contributed by atoms with van der Waals surface area (Å²) in [6, 6.07) is 2.87. The summed E-state index contributed by atoms with van der Waals surface area (Å²) < 4.78 is 0.306. The lowest BCUT2D eigenvalue weighted by atomic mass is 10.4. The molecule has 1 aromatic rings. The summed E-state index contributed by atoms with van der Waals surface area (Å²) in [7, 11) is 0. The molecule has 4 heteroatoms. The molecular formula is C6H3BrN2O. The fourth-order valence-corrected chi connectivity index (χ4v) is 0.793. The summed E-state index contributed by atoms with van der Waals surface area (Å²) in [6.45, 7) is 6.57. The highest BCUT2D eigenvalue weighted by Gasteiger charge is 2.02. The molecule has 0 aromatic carbocycles. The van der Waals surface area contributed by atoms with E-state index in [4.69, 9.17) is 11.7 Å². The molecule has 0 atom stereocenters. The summed E-state index contributed by atoms with van der Waals surface area (Å²) in [5.74, 6) is 0.317. The Morgan fingerprint density at radius 1 is 1.60 bits per heavy atom. The fourth-order valence-electron chi connectivity index (χ4n) is 0.480. The van der Waals surface area contributed by atoms with E-state index in [2.05, 4.69) is 25.8 Å². The zero-order valence-corrected chi connectivity index (χ0v) is 6.46. The van der Waals surface area contributed by atoms with Gasteiger partial charge in [0.1, 0.15) is 0 Å². The van der Waals surface area contributed by atoms with Crippen molar-refractivity contribution < 1.29 is 5.11 Å². The molecule has 0 saturated carbocycles. The van der Waals surface area contributed by atoms with Crippen molar-refractivity contribution in [2.24, 2.45) is 0 Å². The van der Waals surface area contributed by atoms with Crippen molar-refractivity contribution in [1.82, 2.24) is 4.98 Å². The molecule has 0 fully saturated rings. The van der Waals surface area contributed by atoms with Crippen molar-refractivity contribution in [2.75, 3.05) is 0 Å². The molecule has 0 unspecified atom stereocenters. The van der Waals surface area contributed by atoms with Crippen LogP contribution in [0.3, 0.4) is 0 Å². The minimum atomic E-state index is 0.0485. The topological polar surface area (TPSA) is 37.5 Å². The van der Waals surface area contributed by atoms with Crippen LogP contribution in [0, 0.1) is 6.57 Å². The average Bonchev–Trinajstić information content (AvgIpc) is 1.95. The average molecular weight is 199 g/mol. The Morgan fingerprint density at radius 3 is 2.80 bits per heavy atom. The zero-order valence-electron chi connectivity index (χ0n) is 4.87. The van der Waals surface area contributed by atoms with Gasteiger partial charge in [0.05, 0.1) is 0 Å². The van der Waals surface area contributed by atoms with Gasteiger partial charge in [0.15, 0.2) is 5.75 Å². The van der Waals surface area contributed by atoms with Crippen LogP contribution in [0.15, 0.2) is 16.7 Å². The molecule has 1 aromatic heterocycles. The third-order valence-electron chi connectivity index (χ3n) is 0.929. The molecular weight excluding hydrogens is 196 g/mol. The number of halogens is 1. The number of rotatable bonds is 0. The van der Waals surface area contributed by atoms with Crippen LogP contribution in [0.5, 0.6) is 5.75 Å². The molecule has 0 spiro atoms. The molecule has 0 amide bonds. The SMILES string of the molecule is [C-]#[N+]c1ccc(O)c(Br)n1. The number of hydrogen-bond acceptors (Lipinski definition) is 2. The Hall–Kier alpha value is -1.08. The van der Waals surface area contributed by atoms with Crippen LogP contribution < -0.4 is 0 Å². The minimum Gasteiger partial charge on any atom is -0.503 e. The van der Waals surface area contributed by atoms with Gasteiger partial charge in [-0.3, -0.25) is 0 Å². The predicted octanol–water partition coefficient (Wildman–Crippen LogP) is 2.10.